The smallest absolute Gasteiger partial charge is 0.194 e. The summed E-state index contributed by atoms with van der Waals surface area (Å²) in [5, 5.41) is 0. The molecular formula is C24H29N3O3S. The van der Waals surface area contributed by atoms with E-state index in [4.69, 9.17) is 9.47 Å². The Balaban J connectivity index is 1.19. The Morgan fingerprint density at radius 1 is 1.23 bits per heavy atom. The summed E-state index contributed by atoms with van der Waals surface area (Å²) in [6.07, 6.45) is 5.22. The van der Waals surface area contributed by atoms with E-state index in [1.807, 2.05) is 24.4 Å². The first kappa shape index (κ1) is 20.7. The molecule has 4 heterocycles. The number of ether oxygens (including phenoxy) is 2. The van der Waals surface area contributed by atoms with Crippen LogP contribution < -0.4 is 4.90 Å². The Hall–Kier alpha value is -2.22. The number of aromatic nitrogens is 2. The number of hydrogen-bond donors (Lipinski definition) is 0. The molecular weight excluding hydrogens is 410 g/mol. The molecule has 0 bridgehead atoms. The minimum Gasteiger partial charge on any atom is -0.371 e. The van der Waals surface area contributed by atoms with Crippen molar-refractivity contribution in [2.24, 2.45) is 0 Å². The zero-order valence-corrected chi connectivity index (χ0v) is 19.2. The zero-order chi connectivity index (χ0) is 21.6. The number of rotatable bonds is 5. The van der Waals surface area contributed by atoms with Crippen molar-refractivity contribution in [3.63, 3.8) is 0 Å². The van der Waals surface area contributed by atoms with Crippen molar-refractivity contribution in [2.75, 3.05) is 24.6 Å². The highest BCUT2D eigenvalue weighted by Crippen LogP contribution is 2.35. The number of anilines is 1. The molecule has 2 aromatic heterocycles. The molecule has 1 aromatic carbocycles. The SMILES string of the molecule is Cc1cn2c(C(=O)CCc3ccc(N4CCC5(CC4)OC[C@@H](C)O5)cc3)c(C)nc2s1. The number of Topliss-reactive ketones (excluding diaryl/α,β-unsaturated/α-hetero) is 1. The molecule has 6 nitrogen and oxygen atoms in total. The number of imidazole rings is 1. The number of ketones is 1. The molecule has 2 aliphatic heterocycles. The molecule has 31 heavy (non-hydrogen) atoms. The van der Waals surface area contributed by atoms with E-state index in [9.17, 15) is 4.79 Å². The lowest BCUT2D eigenvalue weighted by molar-refractivity contribution is -0.178. The Morgan fingerprint density at radius 3 is 2.65 bits per heavy atom. The Bertz CT molecular complexity index is 1090. The molecule has 164 valence electrons. The van der Waals surface area contributed by atoms with Crippen LogP contribution >= 0.6 is 11.3 Å². The van der Waals surface area contributed by atoms with Gasteiger partial charge in [0.05, 0.1) is 18.4 Å². The van der Waals surface area contributed by atoms with E-state index in [0.29, 0.717) is 13.0 Å². The van der Waals surface area contributed by atoms with Crippen molar-refractivity contribution in [3.8, 4) is 0 Å². The van der Waals surface area contributed by atoms with Crippen LogP contribution in [-0.2, 0) is 15.9 Å². The summed E-state index contributed by atoms with van der Waals surface area (Å²) >= 11 is 1.62. The third-order valence-corrected chi connectivity index (χ3v) is 7.24. The average Bonchev–Trinajstić information content (AvgIpc) is 3.38. The van der Waals surface area contributed by atoms with Crippen molar-refractivity contribution >= 4 is 27.8 Å². The van der Waals surface area contributed by atoms with Gasteiger partial charge in [0.1, 0.15) is 5.69 Å². The second kappa shape index (κ2) is 8.04. The predicted molar refractivity (Wildman–Crippen MR) is 122 cm³/mol. The van der Waals surface area contributed by atoms with Gasteiger partial charge in [-0.15, -0.1) is 11.3 Å². The molecule has 0 N–H and O–H groups in total. The van der Waals surface area contributed by atoms with Crippen molar-refractivity contribution in [1.29, 1.82) is 0 Å². The first-order valence-corrected chi connectivity index (χ1v) is 11.9. The molecule has 7 heteroatoms. The van der Waals surface area contributed by atoms with Crippen LogP contribution in [0.15, 0.2) is 30.5 Å². The predicted octanol–water partition coefficient (Wildman–Crippen LogP) is 4.56. The summed E-state index contributed by atoms with van der Waals surface area (Å²) in [4.78, 5) is 21.9. The molecule has 3 aromatic rings. The third kappa shape index (κ3) is 4.02. The molecule has 0 saturated carbocycles. The summed E-state index contributed by atoms with van der Waals surface area (Å²) < 4.78 is 13.9. The molecule has 0 radical (unpaired) electrons. The van der Waals surface area contributed by atoms with Crippen LogP contribution in [0.25, 0.3) is 4.96 Å². The van der Waals surface area contributed by atoms with E-state index in [-0.39, 0.29) is 17.7 Å². The molecule has 0 unspecified atom stereocenters. The maximum Gasteiger partial charge on any atom is 0.194 e. The summed E-state index contributed by atoms with van der Waals surface area (Å²) in [5.74, 6) is -0.215. The van der Waals surface area contributed by atoms with Crippen LogP contribution in [0.4, 0.5) is 5.69 Å². The van der Waals surface area contributed by atoms with Gasteiger partial charge in [-0.25, -0.2) is 4.98 Å². The van der Waals surface area contributed by atoms with E-state index in [0.717, 1.165) is 53.6 Å². The van der Waals surface area contributed by atoms with Crippen LogP contribution in [0.3, 0.4) is 0 Å². The first-order valence-electron chi connectivity index (χ1n) is 11.1. The second-order valence-electron chi connectivity index (χ2n) is 8.77. The lowest BCUT2D eigenvalue weighted by Crippen LogP contribution is -2.45. The fourth-order valence-corrected chi connectivity index (χ4v) is 5.59. The summed E-state index contributed by atoms with van der Waals surface area (Å²) in [6, 6.07) is 8.62. The summed E-state index contributed by atoms with van der Waals surface area (Å²) in [6.45, 7) is 8.60. The highest BCUT2D eigenvalue weighted by Gasteiger charge is 2.42. The van der Waals surface area contributed by atoms with E-state index >= 15 is 0 Å². The lowest BCUT2D eigenvalue weighted by atomic mass is 10.0. The molecule has 1 spiro atoms. The van der Waals surface area contributed by atoms with E-state index in [2.05, 4.69) is 41.1 Å². The lowest BCUT2D eigenvalue weighted by Gasteiger charge is -2.39. The number of carbonyl (C=O) groups excluding carboxylic acids is 1. The van der Waals surface area contributed by atoms with Gasteiger partial charge in [-0.2, -0.15) is 0 Å². The summed E-state index contributed by atoms with van der Waals surface area (Å²) in [5.41, 5.74) is 3.95. The quantitative estimate of drug-likeness (QED) is 0.546. The molecule has 2 aliphatic rings. The molecule has 2 saturated heterocycles. The fourth-order valence-electron chi connectivity index (χ4n) is 4.72. The van der Waals surface area contributed by atoms with E-state index < -0.39 is 0 Å². The molecule has 0 amide bonds. The molecule has 5 rings (SSSR count). The minimum atomic E-state index is -0.367. The first-order chi connectivity index (χ1) is 14.9. The van der Waals surface area contributed by atoms with Gasteiger partial charge in [0.2, 0.25) is 0 Å². The molecule has 1 atom stereocenters. The number of fused-ring (bicyclic) bond motifs is 1. The van der Waals surface area contributed by atoms with Crippen LogP contribution in [0.5, 0.6) is 0 Å². The number of hydrogen-bond acceptors (Lipinski definition) is 6. The van der Waals surface area contributed by atoms with Crippen LogP contribution in [0, 0.1) is 13.8 Å². The average molecular weight is 440 g/mol. The summed E-state index contributed by atoms with van der Waals surface area (Å²) in [7, 11) is 0. The second-order valence-corrected chi connectivity index (χ2v) is 9.98. The van der Waals surface area contributed by atoms with Crippen molar-refractivity contribution < 1.29 is 14.3 Å². The van der Waals surface area contributed by atoms with Gasteiger partial charge in [-0.1, -0.05) is 12.1 Å². The van der Waals surface area contributed by atoms with Gasteiger partial charge in [0, 0.05) is 49.1 Å². The highest BCUT2D eigenvalue weighted by molar-refractivity contribution is 7.17. The van der Waals surface area contributed by atoms with Crippen molar-refractivity contribution in [3.05, 3.63) is 52.3 Å². The monoisotopic (exact) mass is 439 g/mol. The Labute approximate surface area is 186 Å². The van der Waals surface area contributed by atoms with Gasteiger partial charge < -0.3 is 14.4 Å². The standard InChI is InChI=1S/C24H29N3O3S/c1-16-15-29-24(30-16)10-12-26(13-11-24)20-7-4-19(5-8-20)6-9-21(28)22-18(3)25-23-27(22)14-17(2)31-23/h4-5,7-8,14,16H,6,9-13,15H2,1-3H3/t16-/m1/s1. The largest absolute Gasteiger partial charge is 0.371 e. The number of aryl methyl sites for hydroxylation is 3. The number of nitrogens with zero attached hydrogens (tertiary/aromatic N) is 3. The zero-order valence-electron chi connectivity index (χ0n) is 18.4. The number of thiazole rings is 1. The number of carbonyl (C=O) groups is 1. The minimum absolute atomic E-state index is 0.152. The number of piperidine rings is 1. The maximum atomic E-state index is 12.9. The fraction of sp³-hybridized carbons (Fsp3) is 0.500. The van der Waals surface area contributed by atoms with Crippen LogP contribution in [0.1, 0.15) is 52.8 Å². The molecule has 2 fully saturated rings. The Morgan fingerprint density at radius 2 is 1.97 bits per heavy atom. The van der Waals surface area contributed by atoms with Crippen molar-refractivity contribution in [2.45, 2.75) is 58.3 Å². The number of benzene rings is 1. The van der Waals surface area contributed by atoms with Crippen LogP contribution in [0.2, 0.25) is 0 Å². The van der Waals surface area contributed by atoms with Crippen molar-refractivity contribution in [1.82, 2.24) is 9.38 Å². The Kier molecular flexibility index (Phi) is 5.36. The molecule has 0 aliphatic carbocycles. The normalized spacial score (nSPS) is 20.7. The van der Waals surface area contributed by atoms with Gasteiger partial charge in [0.25, 0.3) is 0 Å². The van der Waals surface area contributed by atoms with Gasteiger partial charge in [0.15, 0.2) is 16.5 Å². The van der Waals surface area contributed by atoms with E-state index in [1.165, 1.54) is 11.3 Å². The topological polar surface area (TPSA) is 56.1 Å². The highest BCUT2D eigenvalue weighted by atomic mass is 32.1. The third-order valence-electron chi connectivity index (χ3n) is 6.34. The van der Waals surface area contributed by atoms with Gasteiger partial charge in [-0.05, 0) is 44.9 Å². The maximum absolute atomic E-state index is 12.9. The van der Waals surface area contributed by atoms with Crippen LogP contribution in [-0.4, -0.2) is 46.8 Å². The van der Waals surface area contributed by atoms with Gasteiger partial charge >= 0.3 is 0 Å². The van der Waals surface area contributed by atoms with E-state index in [1.54, 1.807) is 11.3 Å². The van der Waals surface area contributed by atoms with Gasteiger partial charge in [-0.3, -0.25) is 9.20 Å².